The van der Waals surface area contributed by atoms with Crippen LogP contribution in [0.25, 0.3) is 71.6 Å². The molecule has 0 saturated heterocycles. The molecule has 3 heteroatoms. The van der Waals surface area contributed by atoms with E-state index in [-0.39, 0.29) is 5.41 Å². The molecule has 0 bridgehead atoms. The van der Waals surface area contributed by atoms with Crippen molar-refractivity contribution < 1.29 is 4.74 Å². The van der Waals surface area contributed by atoms with Crippen LogP contribution in [0.15, 0.2) is 200 Å². The first-order valence-electron chi connectivity index (χ1n) is 20.4. The van der Waals surface area contributed by atoms with Gasteiger partial charge in [-0.1, -0.05) is 129 Å². The van der Waals surface area contributed by atoms with E-state index in [1.165, 1.54) is 55.3 Å². The van der Waals surface area contributed by atoms with Gasteiger partial charge < -0.3 is 14.2 Å². The van der Waals surface area contributed by atoms with Gasteiger partial charge in [0.2, 0.25) is 0 Å². The molecule has 0 radical (unpaired) electrons. The summed E-state index contributed by atoms with van der Waals surface area (Å²) in [5.74, 6) is 0.838. The lowest BCUT2D eigenvalue weighted by Gasteiger charge is -2.26. The van der Waals surface area contributed by atoms with Crippen LogP contribution in [0.2, 0.25) is 0 Å². The fourth-order valence-corrected chi connectivity index (χ4v) is 9.42. The first-order valence-corrected chi connectivity index (χ1v) is 20.4. The van der Waals surface area contributed by atoms with Gasteiger partial charge in [-0.2, -0.15) is 0 Å². The highest BCUT2D eigenvalue weighted by Gasteiger charge is 2.35. The number of aromatic nitrogens is 1. The number of methoxy groups -OCH3 is 1. The number of para-hydroxylation sites is 1. The summed E-state index contributed by atoms with van der Waals surface area (Å²) in [4.78, 5) is 2.38. The maximum atomic E-state index is 5.75. The summed E-state index contributed by atoms with van der Waals surface area (Å²) in [6.07, 6.45) is 0. The zero-order valence-electron chi connectivity index (χ0n) is 33.4. The van der Waals surface area contributed by atoms with Crippen LogP contribution in [0.1, 0.15) is 25.0 Å². The number of benzene rings is 9. The normalized spacial score (nSPS) is 12.8. The third-order valence-corrected chi connectivity index (χ3v) is 12.5. The minimum atomic E-state index is -0.0516. The maximum Gasteiger partial charge on any atom is 0.119 e. The summed E-state index contributed by atoms with van der Waals surface area (Å²) in [5.41, 5.74) is 16.9. The van der Waals surface area contributed by atoms with Crippen molar-refractivity contribution in [1.29, 1.82) is 0 Å². The van der Waals surface area contributed by atoms with Gasteiger partial charge >= 0.3 is 0 Å². The SMILES string of the molecule is COc1ccc2c(c1)c1cc(N(c3ccc(-c4ccc5c(c4)C(C)(C)c4ccccc4-5)cc3)c3ccc(-c4ccc5ccccc5c4)cc3)ccc1n2-c1ccccc1. The number of rotatable bonds is 7. The van der Waals surface area contributed by atoms with E-state index in [2.05, 4.69) is 217 Å². The minimum absolute atomic E-state index is 0.0516. The number of anilines is 3. The monoisotopic (exact) mass is 758 g/mol. The second kappa shape index (κ2) is 13.6. The van der Waals surface area contributed by atoms with Crippen molar-refractivity contribution in [2.45, 2.75) is 19.3 Å². The van der Waals surface area contributed by atoms with E-state index in [1.54, 1.807) is 7.11 Å². The zero-order valence-corrected chi connectivity index (χ0v) is 33.4. The molecule has 0 aliphatic heterocycles. The lowest BCUT2D eigenvalue weighted by Crippen LogP contribution is -2.14. The van der Waals surface area contributed by atoms with Gasteiger partial charge in [-0.15, -0.1) is 0 Å². The Morgan fingerprint density at radius 1 is 0.424 bits per heavy atom. The highest BCUT2D eigenvalue weighted by atomic mass is 16.5. The molecule has 1 aromatic heterocycles. The lowest BCUT2D eigenvalue weighted by molar-refractivity contribution is 0.415. The van der Waals surface area contributed by atoms with Crippen molar-refractivity contribution in [3.63, 3.8) is 0 Å². The second-order valence-corrected chi connectivity index (χ2v) is 16.2. The molecule has 9 aromatic carbocycles. The highest BCUT2D eigenvalue weighted by molar-refractivity contribution is 6.11. The van der Waals surface area contributed by atoms with Gasteiger partial charge in [0.05, 0.1) is 18.1 Å². The van der Waals surface area contributed by atoms with E-state index < -0.39 is 0 Å². The smallest absolute Gasteiger partial charge is 0.119 e. The number of hydrogen-bond donors (Lipinski definition) is 0. The Kier molecular flexibility index (Phi) is 8.06. The van der Waals surface area contributed by atoms with E-state index in [1.807, 2.05) is 6.07 Å². The summed E-state index contributed by atoms with van der Waals surface area (Å²) in [7, 11) is 1.73. The third-order valence-electron chi connectivity index (χ3n) is 12.5. The molecular formula is C56H42N2O. The van der Waals surface area contributed by atoms with Gasteiger partial charge in [-0.25, -0.2) is 0 Å². The molecule has 1 aliphatic carbocycles. The fourth-order valence-electron chi connectivity index (χ4n) is 9.42. The van der Waals surface area contributed by atoms with Crippen LogP contribution in [-0.2, 0) is 5.41 Å². The average molecular weight is 759 g/mol. The molecule has 0 N–H and O–H groups in total. The van der Waals surface area contributed by atoms with Crippen LogP contribution in [0.3, 0.4) is 0 Å². The van der Waals surface area contributed by atoms with Gasteiger partial charge in [0.1, 0.15) is 5.75 Å². The van der Waals surface area contributed by atoms with E-state index in [4.69, 9.17) is 4.74 Å². The van der Waals surface area contributed by atoms with Crippen LogP contribution >= 0.6 is 0 Å². The molecule has 11 rings (SSSR count). The number of hydrogen-bond acceptors (Lipinski definition) is 2. The summed E-state index contributed by atoms with van der Waals surface area (Å²) in [6, 6.07) is 73.0. The molecule has 0 spiro atoms. The summed E-state index contributed by atoms with van der Waals surface area (Å²) < 4.78 is 8.10. The van der Waals surface area contributed by atoms with Crippen LogP contribution in [0.5, 0.6) is 5.75 Å². The van der Waals surface area contributed by atoms with Gasteiger partial charge in [-0.05, 0) is 140 Å². The molecule has 0 atom stereocenters. The van der Waals surface area contributed by atoms with Crippen molar-refractivity contribution in [3.05, 3.63) is 211 Å². The topological polar surface area (TPSA) is 17.4 Å². The molecule has 3 nitrogen and oxygen atoms in total. The number of fused-ring (bicyclic) bond motifs is 7. The molecule has 282 valence electrons. The predicted molar refractivity (Wildman–Crippen MR) is 248 cm³/mol. The molecule has 0 fully saturated rings. The average Bonchev–Trinajstić information content (AvgIpc) is 3.74. The second-order valence-electron chi connectivity index (χ2n) is 16.2. The van der Waals surface area contributed by atoms with Crippen LogP contribution in [-0.4, -0.2) is 11.7 Å². The molecule has 0 saturated carbocycles. The molecule has 10 aromatic rings. The van der Waals surface area contributed by atoms with Crippen molar-refractivity contribution in [3.8, 4) is 44.8 Å². The lowest BCUT2D eigenvalue weighted by atomic mass is 9.81. The Bertz CT molecular complexity index is 3210. The molecule has 0 amide bonds. The van der Waals surface area contributed by atoms with E-state index in [0.717, 1.165) is 50.3 Å². The molecule has 0 unspecified atom stereocenters. The Morgan fingerprint density at radius 2 is 0.983 bits per heavy atom. The quantitative estimate of drug-likeness (QED) is 0.161. The number of nitrogens with zero attached hydrogens (tertiary/aromatic N) is 2. The first kappa shape index (κ1) is 34.9. The standard InChI is InChI=1S/C56H42N2O/c1-56(2)52-16-10-9-15-48(52)49-30-23-42(34-53(49)56)39-21-26-45(27-22-39)57(44-24-19-38(20-25-44)41-18-17-37-11-7-8-12-40(37)33-41)46-28-31-54-50(35-46)51-36-47(59-3)29-32-55(51)58(54)43-13-5-4-6-14-43/h4-36H,1-3H3. The Labute approximate surface area is 345 Å². The molecule has 1 heterocycles. The Balaban J connectivity index is 1.04. The molecule has 59 heavy (non-hydrogen) atoms. The predicted octanol–water partition coefficient (Wildman–Crippen LogP) is 15.1. The van der Waals surface area contributed by atoms with Crippen molar-refractivity contribution in [2.75, 3.05) is 12.0 Å². The minimum Gasteiger partial charge on any atom is -0.497 e. The van der Waals surface area contributed by atoms with Crippen LogP contribution in [0.4, 0.5) is 17.1 Å². The van der Waals surface area contributed by atoms with E-state index >= 15 is 0 Å². The van der Waals surface area contributed by atoms with Gasteiger partial charge in [0.15, 0.2) is 0 Å². The van der Waals surface area contributed by atoms with E-state index in [0.29, 0.717) is 0 Å². The van der Waals surface area contributed by atoms with Gasteiger partial charge in [0.25, 0.3) is 0 Å². The van der Waals surface area contributed by atoms with Gasteiger partial charge in [-0.3, -0.25) is 0 Å². The van der Waals surface area contributed by atoms with E-state index in [9.17, 15) is 0 Å². The summed E-state index contributed by atoms with van der Waals surface area (Å²) in [6.45, 7) is 4.69. The Hall–Kier alpha value is -7.36. The number of ether oxygens (including phenoxy) is 1. The zero-order chi connectivity index (χ0) is 39.7. The largest absolute Gasteiger partial charge is 0.497 e. The summed E-state index contributed by atoms with van der Waals surface area (Å²) >= 11 is 0. The van der Waals surface area contributed by atoms with Crippen molar-refractivity contribution in [1.82, 2.24) is 4.57 Å². The van der Waals surface area contributed by atoms with Crippen LogP contribution < -0.4 is 9.64 Å². The summed E-state index contributed by atoms with van der Waals surface area (Å²) in [5, 5.41) is 4.80. The molecule has 1 aliphatic rings. The maximum absolute atomic E-state index is 5.75. The third kappa shape index (κ3) is 5.73. The first-order chi connectivity index (χ1) is 28.9. The highest BCUT2D eigenvalue weighted by Crippen LogP contribution is 2.50. The van der Waals surface area contributed by atoms with Crippen LogP contribution in [0, 0.1) is 0 Å². The van der Waals surface area contributed by atoms with Gasteiger partial charge in [0, 0.05) is 38.9 Å². The Morgan fingerprint density at radius 3 is 1.71 bits per heavy atom. The fraction of sp³-hybridized carbons (Fsp3) is 0.0714. The van der Waals surface area contributed by atoms with Crippen molar-refractivity contribution >= 4 is 49.6 Å². The molecular weight excluding hydrogens is 717 g/mol. The van der Waals surface area contributed by atoms with Crippen molar-refractivity contribution in [2.24, 2.45) is 0 Å².